The molecule has 0 unspecified atom stereocenters. The molecule has 0 bridgehead atoms. The molecule has 0 saturated carbocycles. The van der Waals surface area contributed by atoms with Gasteiger partial charge in [-0.2, -0.15) is 0 Å². The molecular weight excluding hydrogens is 314 g/mol. The molecule has 1 aliphatic heterocycles. The van der Waals surface area contributed by atoms with Crippen molar-refractivity contribution >= 4 is 27.4 Å². The fourth-order valence-corrected chi connectivity index (χ4v) is 3.84. The maximum absolute atomic E-state index is 12.3. The molecule has 1 aliphatic rings. The fraction of sp³-hybridized carbons (Fsp3) is 0.562. The minimum Gasteiger partial charge on any atom is -0.324 e. The molecule has 2 N–H and O–H groups in total. The number of nitrogens with zero attached hydrogens (tertiary/aromatic N) is 1. The van der Waals surface area contributed by atoms with Gasteiger partial charge in [-0.05, 0) is 37.0 Å². The highest BCUT2D eigenvalue weighted by molar-refractivity contribution is 7.92. The van der Waals surface area contributed by atoms with Crippen LogP contribution in [0.1, 0.15) is 33.1 Å². The minimum absolute atomic E-state index is 0.0791. The molecule has 6 nitrogen and oxygen atoms in total. The van der Waals surface area contributed by atoms with Gasteiger partial charge in [0.05, 0.1) is 11.4 Å². The van der Waals surface area contributed by atoms with Crippen molar-refractivity contribution in [1.82, 2.24) is 4.90 Å². The first-order valence-electron chi connectivity index (χ1n) is 8.10. The van der Waals surface area contributed by atoms with Gasteiger partial charge < -0.3 is 10.2 Å². The van der Waals surface area contributed by atoms with E-state index in [1.807, 2.05) is 11.8 Å². The van der Waals surface area contributed by atoms with Crippen LogP contribution in [-0.2, 0) is 10.0 Å². The zero-order valence-electron chi connectivity index (χ0n) is 13.7. The van der Waals surface area contributed by atoms with Gasteiger partial charge in [-0.1, -0.05) is 26.3 Å². The van der Waals surface area contributed by atoms with Crippen molar-refractivity contribution in [3.05, 3.63) is 24.3 Å². The molecule has 2 amide bonds. The van der Waals surface area contributed by atoms with E-state index in [4.69, 9.17) is 0 Å². The number of sulfonamides is 1. The molecule has 128 valence electrons. The lowest BCUT2D eigenvalue weighted by atomic mass is 10.1. The minimum atomic E-state index is -3.33. The quantitative estimate of drug-likeness (QED) is 0.836. The van der Waals surface area contributed by atoms with Crippen LogP contribution >= 0.6 is 0 Å². The van der Waals surface area contributed by atoms with Crippen LogP contribution in [0.15, 0.2) is 24.3 Å². The molecule has 1 fully saturated rings. The van der Waals surface area contributed by atoms with Gasteiger partial charge in [0.2, 0.25) is 10.0 Å². The van der Waals surface area contributed by atoms with Crippen LogP contribution in [0.4, 0.5) is 16.2 Å². The number of amides is 2. The van der Waals surface area contributed by atoms with E-state index in [1.165, 1.54) is 0 Å². The van der Waals surface area contributed by atoms with Crippen molar-refractivity contribution < 1.29 is 13.2 Å². The van der Waals surface area contributed by atoms with E-state index in [1.54, 1.807) is 24.3 Å². The van der Waals surface area contributed by atoms with E-state index in [2.05, 4.69) is 17.0 Å². The average Bonchev–Trinajstić information content (AvgIpc) is 2.96. The number of hydrogen-bond acceptors (Lipinski definition) is 3. The highest BCUT2D eigenvalue weighted by Crippen LogP contribution is 2.21. The van der Waals surface area contributed by atoms with Crippen LogP contribution < -0.4 is 10.0 Å². The standard InChI is InChI=1S/C16H25N3O3S/c1-3-10-23(21,22)18-15-7-5-6-14(11-15)17-16(20)19-9-8-13(4-2)12-19/h5-7,11,13,18H,3-4,8-10,12H2,1-2H3,(H,17,20)/t13-/m1/s1. The lowest BCUT2D eigenvalue weighted by Crippen LogP contribution is -2.32. The number of anilines is 2. The zero-order chi connectivity index (χ0) is 16.9. The van der Waals surface area contributed by atoms with Gasteiger partial charge in [-0.15, -0.1) is 0 Å². The predicted molar refractivity (Wildman–Crippen MR) is 93.1 cm³/mol. The maximum Gasteiger partial charge on any atom is 0.321 e. The summed E-state index contributed by atoms with van der Waals surface area (Å²) in [5.41, 5.74) is 1.05. The Hall–Kier alpha value is -1.76. The van der Waals surface area contributed by atoms with Crippen molar-refractivity contribution in [2.45, 2.75) is 33.1 Å². The number of likely N-dealkylation sites (tertiary alicyclic amines) is 1. The summed E-state index contributed by atoms with van der Waals surface area (Å²) in [6, 6.07) is 6.65. The predicted octanol–water partition coefficient (Wildman–Crippen LogP) is 3.10. The Kier molecular flexibility index (Phi) is 5.87. The summed E-state index contributed by atoms with van der Waals surface area (Å²) in [4.78, 5) is 14.1. The first-order chi connectivity index (χ1) is 10.9. The first kappa shape index (κ1) is 17.6. The molecule has 0 radical (unpaired) electrons. The Morgan fingerprint density at radius 1 is 1.30 bits per heavy atom. The van der Waals surface area contributed by atoms with Gasteiger partial charge in [0.1, 0.15) is 0 Å². The van der Waals surface area contributed by atoms with E-state index in [-0.39, 0.29) is 11.8 Å². The number of benzene rings is 1. The van der Waals surface area contributed by atoms with Crippen LogP contribution in [0.3, 0.4) is 0 Å². The Labute approximate surface area is 138 Å². The molecule has 1 atom stereocenters. The second-order valence-electron chi connectivity index (χ2n) is 5.94. The summed E-state index contributed by atoms with van der Waals surface area (Å²) >= 11 is 0. The van der Waals surface area contributed by atoms with Gasteiger partial charge in [0, 0.05) is 18.8 Å². The van der Waals surface area contributed by atoms with Crippen LogP contribution in [0.25, 0.3) is 0 Å². The van der Waals surface area contributed by atoms with Crippen molar-refractivity contribution in [3.63, 3.8) is 0 Å². The number of hydrogen-bond donors (Lipinski definition) is 2. The highest BCUT2D eigenvalue weighted by atomic mass is 32.2. The van der Waals surface area contributed by atoms with Gasteiger partial charge in [-0.3, -0.25) is 4.72 Å². The van der Waals surface area contributed by atoms with E-state index in [9.17, 15) is 13.2 Å². The van der Waals surface area contributed by atoms with Crippen LogP contribution in [0, 0.1) is 5.92 Å². The molecule has 7 heteroatoms. The van der Waals surface area contributed by atoms with Gasteiger partial charge >= 0.3 is 6.03 Å². The number of carbonyl (C=O) groups is 1. The Bertz CT molecular complexity index is 646. The van der Waals surface area contributed by atoms with Crippen LogP contribution in [-0.4, -0.2) is 38.2 Å². The SMILES string of the molecule is CCCS(=O)(=O)Nc1cccc(NC(=O)N2CC[C@@H](CC)C2)c1. The van der Waals surface area contributed by atoms with Gasteiger partial charge in [0.15, 0.2) is 0 Å². The van der Waals surface area contributed by atoms with E-state index in [0.717, 1.165) is 25.9 Å². The Morgan fingerprint density at radius 3 is 2.70 bits per heavy atom. The highest BCUT2D eigenvalue weighted by Gasteiger charge is 2.24. The molecule has 1 heterocycles. The fourth-order valence-electron chi connectivity index (χ4n) is 2.71. The number of carbonyl (C=O) groups excluding carboxylic acids is 1. The molecule has 0 aliphatic carbocycles. The summed E-state index contributed by atoms with van der Waals surface area (Å²) < 4.78 is 26.1. The summed E-state index contributed by atoms with van der Waals surface area (Å²) in [7, 11) is -3.33. The van der Waals surface area contributed by atoms with Crippen molar-refractivity contribution in [1.29, 1.82) is 0 Å². The summed E-state index contributed by atoms with van der Waals surface area (Å²) in [6.45, 7) is 5.51. The smallest absolute Gasteiger partial charge is 0.321 e. The second kappa shape index (κ2) is 7.68. The number of urea groups is 1. The third-order valence-electron chi connectivity index (χ3n) is 4.01. The Balaban J connectivity index is 1.99. The van der Waals surface area contributed by atoms with Crippen LogP contribution in [0.5, 0.6) is 0 Å². The lowest BCUT2D eigenvalue weighted by Gasteiger charge is -2.17. The third kappa shape index (κ3) is 5.13. The largest absolute Gasteiger partial charge is 0.324 e. The molecule has 23 heavy (non-hydrogen) atoms. The van der Waals surface area contributed by atoms with E-state index >= 15 is 0 Å². The van der Waals surface area contributed by atoms with Crippen molar-refractivity contribution in [3.8, 4) is 0 Å². The third-order valence-corrected chi connectivity index (χ3v) is 5.50. The molecule has 2 rings (SSSR count). The number of rotatable bonds is 6. The van der Waals surface area contributed by atoms with Crippen LogP contribution in [0.2, 0.25) is 0 Å². The summed E-state index contributed by atoms with van der Waals surface area (Å²) in [6.07, 6.45) is 2.68. The molecule has 1 aromatic rings. The maximum atomic E-state index is 12.3. The molecule has 0 aromatic heterocycles. The average molecular weight is 339 g/mol. The van der Waals surface area contributed by atoms with Gasteiger partial charge in [0.25, 0.3) is 0 Å². The molecule has 1 saturated heterocycles. The molecule has 1 aromatic carbocycles. The summed E-state index contributed by atoms with van der Waals surface area (Å²) in [5.74, 6) is 0.656. The number of nitrogens with one attached hydrogen (secondary N) is 2. The first-order valence-corrected chi connectivity index (χ1v) is 9.75. The molecule has 0 spiro atoms. The zero-order valence-corrected chi connectivity index (χ0v) is 14.5. The monoisotopic (exact) mass is 339 g/mol. The van der Waals surface area contributed by atoms with Crippen molar-refractivity contribution in [2.24, 2.45) is 5.92 Å². The summed E-state index contributed by atoms with van der Waals surface area (Å²) in [5, 5.41) is 2.84. The Morgan fingerprint density at radius 2 is 2.04 bits per heavy atom. The molecular formula is C16H25N3O3S. The van der Waals surface area contributed by atoms with Gasteiger partial charge in [-0.25, -0.2) is 13.2 Å². The van der Waals surface area contributed by atoms with Crippen molar-refractivity contribution in [2.75, 3.05) is 28.9 Å². The normalized spacial score (nSPS) is 18.0. The van der Waals surface area contributed by atoms with E-state index < -0.39 is 10.0 Å². The topological polar surface area (TPSA) is 78.5 Å². The lowest BCUT2D eigenvalue weighted by molar-refractivity contribution is 0.220. The second-order valence-corrected chi connectivity index (χ2v) is 7.78. The van der Waals surface area contributed by atoms with E-state index in [0.29, 0.717) is 23.7 Å².